The normalized spacial score (nSPS) is 9.73. The molecule has 0 aromatic heterocycles. The lowest BCUT2D eigenvalue weighted by atomic mass is 10.0. The summed E-state index contributed by atoms with van der Waals surface area (Å²) in [6, 6.07) is 5.51. The van der Waals surface area contributed by atoms with Crippen molar-refractivity contribution < 1.29 is 14.3 Å². The number of carbonyl (C=O) groups excluding carboxylic acids is 2. The first-order chi connectivity index (χ1) is 7.19. The molecular formula is C12H14O3. The topological polar surface area (TPSA) is 43.4 Å². The monoisotopic (exact) mass is 206 g/mol. The van der Waals surface area contributed by atoms with Crippen LogP contribution in [0.3, 0.4) is 0 Å². The Morgan fingerprint density at radius 2 is 2.20 bits per heavy atom. The lowest BCUT2D eigenvalue weighted by molar-refractivity contribution is -0.107. The largest absolute Gasteiger partial charge is 0.465 e. The maximum absolute atomic E-state index is 11.4. The molecule has 0 atom stereocenters. The van der Waals surface area contributed by atoms with Gasteiger partial charge < -0.3 is 9.53 Å². The van der Waals surface area contributed by atoms with Gasteiger partial charge in [0.25, 0.3) is 0 Å². The highest BCUT2D eigenvalue weighted by Gasteiger charge is 2.10. The fourth-order valence-corrected chi connectivity index (χ4v) is 1.45. The first-order valence-corrected chi connectivity index (χ1v) is 4.80. The Labute approximate surface area is 89.1 Å². The van der Waals surface area contributed by atoms with Crippen LogP contribution in [0.1, 0.15) is 27.9 Å². The van der Waals surface area contributed by atoms with Crippen molar-refractivity contribution in [3.8, 4) is 0 Å². The fourth-order valence-electron chi connectivity index (χ4n) is 1.45. The van der Waals surface area contributed by atoms with Crippen LogP contribution in [0.2, 0.25) is 0 Å². The van der Waals surface area contributed by atoms with E-state index in [9.17, 15) is 9.59 Å². The number of aryl methyl sites for hydroxylation is 2. The molecule has 0 unspecified atom stereocenters. The SMILES string of the molecule is COC(=O)c1ccc(C)cc1CCC=O. The minimum absolute atomic E-state index is 0.351. The number of methoxy groups -OCH3 is 1. The average Bonchev–Trinajstić information content (AvgIpc) is 2.25. The van der Waals surface area contributed by atoms with E-state index in [2.05, 4.69) is 4.74 Å². The molecule has 0 saturated carbocycles. The second-order valence-electron chi connectivity index (χ2n) is 3.36. The van der Waals surface area contributed by atoms with Crippen molar-refractivity contribution in [2.45, 2.75) is 19.8 Å². The predicted molar refractivity (Wildman–Crippen MR) is 56.9 cm³/mol. The zero-order valence-corrected chi connectivity index (χ0v) is 8.95. The molecule has 1 aromatic rings. The Morgan fingerprint density at radius 3 is 2.80 bits per heavy atom. The first kappa shape index (κ1) is 11.4. The van der Waals surface area contributed by atoms with Crippen LogP contribution < -0.4 is 0 Å². The first-order valence-electron chi connectivity index (χ1n) is 4.80. The summed E-state index contributed by atoms with van der Waals surface area (Å²) in [4.78, 5) is 21.7. The van der Waals surface area contributed by atoms with Crippen molar-refractivity contribution in [2.75, 3.05) is 7.11 Å². The molecule has 3 heteroatoms. The van der Waals surface area contributed by atoms with Crippen LogP contribution in [0.4, 0.5) is 0 Å². The van der Waals surface area contributed by atoms with Crippen molar-refractivity contribution in [2.24, 2.45) is 0 Å². The molecule has 0 bridgehead atoms. The van der Waals surface area contributed by atoms with Crippen LogP contribution in [0.15, 0.2) is 18.2 Å². The van der Waals surface area contributed by atoms with Crippen molar-refractivity contribution in [1.29, 1.82) is 0 Å². The van der Waals surface area contributed by atoms with E-state index in [4.69, 9.17) is 0 Å². The second kappa shape index (κ2) is 5.29. The summed E-state index contributed by atoms with van der Waals surface area (Å²) in [6.07, 6.45) is 1.85. The smallest absolute Gasteiger partial charge is 0.338 e. The minimum Gasteiger partial charge on any atom is -0.465 e. The molecule has 0 aliphatic rings. The van der Waals surface area contributed by atoms with E-state index in [1.807, 2.05) is 19.1 Å². The summed E-state index contributed by atoms with van der Waals surface area (Å²) in [7, 11) is 1.35. The fraction of sp³-hybridized carbons (Fsp3) is 0.333. The van der Waals surface area contributed by atoms with Gasteiger partial charge >= 0.3 is 5.97 Å². The Morgan fingerprint density at radius 1 is 1.47 bits per heavy atom. The van der Waals surface area contributed by atoms with Gasteiger partial charge in [-0.15, -0.1) is 0 Å². The van der Waals surface area contributed by atoms with Crippen molar-refractivity contribution in [3.63, 3.8) is 0 Å². The number of hydrogen-bond acceptors (Lipinski definition) is 3. The van der Waals surface area contributed by atoms with Gasteiger partial charge in [-0.1, -0.05) is 17.7 Å². The lowest BCUT2D eigenvalue weighted by Gasteiger charge is -2.07. The molecule has 0 aliphatic heterocycles. The van der Waals surface area contributed by atoms with Gasteiger partial charge in [0.2, 0.25) is 0 Å². The Kier molecular flexibility index (Phi) is 4.03. The predicted octanol–water partition coefficient (Wildman–Crippen LogP) is 1.91. The van der Waals surface area contributed by atoms with E-state index >= 15 is 0 Å². The van der Waals surface area contributed by atoms with E-state index in [0.29, 0.717) is 18.4 Å². The Balaban J connectivity index is 3.02. The van der Waals surface area contributed by atoms with E-state index in [1.165, 1.54) is 7.11 Å². The van der Waals surface area contributed by atoms with E-state index in [0.717, 1.165) is 17.4 Å². The van der Waals surface area contributed by atoms with Crippen LogP contribution in [-0.2, 0) is 16.0 Å². The molecule has 0 spiro atoms. The highest BCUT2D eigenvalue weighted by atomic mass is 16.5. The summed E-state index contributed by atoms with van der Waals surface area (Å²) in [6.45, 7) is 1.95. The number of carbonyl (C=O) groups is 2. The Hall–Kier alpha value is -1.64. The standard InChI is InChI=1S/C12H14O3/c1-9-5-6-11(12(14)15-2)10(8-9)4-3-7-13/h5-8H,3-4H2,1-2H3. The van der Waals surface area contributed by atoms with Crippen LogP contribution >= 0.6 is 0 Å². The molecule has 15 heavy (non-hydrogen) atoms. The maximum Gasteiger partial charge on any atom is 0.338 e. The van der Waals surface area contributed by atoms with E-state index in [-0.39, 0.29) is 5.97 Å². The zero-order valence-electron chi connectivity index (χ0n) is 8.95. The summed E-state index contributed by atoms with van der Waals surface area (Å²) in [5.74, 6) is -0.351. The summed E-state index contributed by atoms with van der Waals surface area (Å²) < 4.78 is 4.67. The number of benzene rings is 1. The zero-order chi connectivity index (χ0) is 11.3. The van der Waals surface area contributed by atoms with Gasteiger partial charge in [0.15, 0.2) is 0 Å². The van der Waals surface area contributed by atoms with Gasteiger partial charge in [0.1, 0.15) is 6.29 Å². The van der Waals surface area contributed by atoms with Gasteiger partial charge in [-0.3, -0.25) is 0 Å². The molecular weight excluding hydrogens is 192 g/mol. The Bertz CT molecular complexity index is 369. The molecule has 3 nitrogen and oxygen atoms in total. The summed E-state index contributed by atoms with van der Waals surface area (Å²) in [5.41, 5.74) is 2.49. The van der Waals surface area contributed by atoms with Gasteiger partial charge in [-0.05, 0) is 25.0 Å². The van der Waals surface area contributed by atoms with E-state index in [1.54, 1.807) is 6.07 Å². The third kappa shape index (κ3) is 2.91. The summed E-state index contributed by atoms with van der Waals surface area (Å²) in [5, 5.41) is 0. The number of ether oxygens (including phenoxy) is 1. The van der Waals surface area contributed by atoms with Crippen molar-refractivity contribution in [3.05, 3.63) is 34.9 Å². The van der Waals surface area contributed by atoms with Gasteiger partial charge in [-0.2, -0.15) is 0 Å². The van der Waals surface area contributed by atoms with Crippen LogP contribution in [0, 0.1) is 6.92 Å². The highest BCUT2D eigenvalue weighted by molar-refractivity contribution is 5.91. The molecule has 0 N–H and O–H groups in total. The number of hydrogen-bond donors (Lipinski definition) is 0. The van der Waals surface area contributed by atoms with Gasteiger partial charge in [-0.25, -0.2) is 4.79 Å². The number of rotatable bonds is 4. The molecule has 1 rings (SSSR count). The molecule has 0 fully saturated rings. The molecule has 0 saturated heterocycles. The van der Waals surface area contributed by atoms with Crippen molar-refractivity contribution >= 4 is 12.3 Å². The lowest BCUT2D eigenvalue weighted by Crippen LogP contribution is -2.06. The molecule has 0 heterocycles. The number of aldehydes is 1. The molecule has 80 valence electrons. The molecule has 0 amide bonds. The molecule has 1 aromatic carbocycles. The van der Waals surface area contributed by atoms with Crippen LogP contribution in [0.5, 0.6) is 0 Å². The van der Waals surface area contributed by atoms with Gasteiger partial charge in [0.05, 0.1) is 12.7 Å². The molecule has 0 radical (unpaired) electrons. The third-order valence-corrected chi connectivity index (χ3v) is 2.20. The van der Waals surface area contributed by atoms with Crippen molar-refractivity contribution in [1.82, 2.24) is 0 Å². The quantitative estimate of drug-likeness (QED) is 0.558. The summed E-state index contributed by atoms with van der Waals surface area (Å²) >= 11 is 0. The minimum atomic E-state index is -0.351. The maximum atomic E-state index is 11.4. The highest BCUT2D eigenvalue weighted by Crippen LogP contribution is 2.14. The number of esters is 1. The molecule has 0 aliphatic carbocycles. The van der Waals surface area contributed by atoms with Gasteiger partial charge in [0, 0.05) is 6.42 Å². The van der Waals surface area contributed by atoms with Crippen LogP contribution in [0.25, 0.3) is 0 Å². The third-order valence-electron chi connectivity index (χ3n) is 2.20. The second-order valence-corrected chi connectivity index (χ2v) is 3.36. The van der Waals surface area contributed by atoms with E-state index < -0.39 is 0 Å². The average molecular weight is 206 g/mol. The van der Waals surface area contributed by atoms with Crippen LogP contribution in [-0.4, -0.2) is 19.4 Å².